The van der Waals surface area contributed by atoms with Gasteiger partial charge >= 0.3 is 0 Å². The van der Waals surface area contributed by atoms with Gasteiger partial charge in [0, 0.05) is 42.6 Å². The predicted molar refractivity (Wildman–Crippen MR) is 95.5 cm³/mol. The summed E-state index contributed by atoms with van der Waals surface area (Å²) >= 11 is 0. The average molecular weight is 343 g/mol. The quantitative estimate of drug-likeness (QED) is 0.876. The number of halogens is 1. The van der Waals surface area contributed by atoms with E-state index < -0.39 is 0 Å². The van der Waals surface area contributed by atoms with E-state index in [-0.39, 0.29) is 17.3 Å². The first kappa shape index (κ1) is 17.2. The zero-order chi connectivity index (χ0) is 17.8. The van der Waals surface area contributed by atoms with Crippen LogP contribution in [0.2, 0.25) is 0 Å². The number of nitrogens with zero attached hydrogens (tertiary/aromatic N) is 1. The highest BCUT2D eigenvalue weighted by atomic mass is 19.1. The second-order valence-corrected chi connectivity index (χ2v) is 6.40. The maximum Gasteiger partial charge on any atom is 0.251 e. The molecule has 0 bridgehead atoms. The van der Waals surface area contributed by atoms with Crippen molar-refractivity contribution in [3.63, 3.8) is 0 Å². The van der Waals surface area contributed by atoms with Gasteiger partial charge in [-0.2, -0.15) is 0 Å². The van der Waals surface area contributed by atoms with E-state index in [2.05, 4.69) is 15.2 Å². The Morgan fingerprint density at radius 3 is 2.80 bits per heavy atom. The number of benzene rings is 1. The summed E-state index contributed by atoms with van der Waals surface area (Å²) in [6.07, 6.45) is 1.64. The first-order chi connectivity index (χ1) is 12.0. The van der Waals surface area contributed by atoms with Crippen LogP contribution in [0.4, 0.5) is 10.1 Å². The Balaban J connectivity index is 1.55. The molecule has 132 valence electrons. The van der Waals surface area contributed by atoms with Crippen molar-refractivity contribution < 1.29 is 9.18 Å². The molecule has 0 aliphatic carbocycles. The standard InChI is InChI=1S/C19H22FN3O2/c1-2-16-9-14(10-18(24)22-16)19(25)21-11-13-7-8-23(12-13)17-5-3-15(20)4-6-17/h3-6,9-10,13H,2,7-8,11-12H2,1H3,(H,21,25)(H,22,24)/t13-/m1/s1. The number of hydrogen-bond donors (Lipinski definition) is 2. The lowest BCUT2D eigenvalue weighted by molar-refractivity contribution is 0.0948. The molecule has 1 amide bonds. The number of H-pyrrole nitrogens is 1. The van der Waals surface area contributed by atoms with Crippen LogP contribution in [0.5, 0.6) is 0 Å². The molecule has 1 aromatic heterocycles. The Hall–Kier alpha value is -2.63. The lowest BCUT2D eigenvalue weighted by Crippen LogP contribution is -2.31. The number of rotatable bonds is 5. The molecule has 1 saturated heterocycles. The van der Waals surface area contributed by atoms with Gasteiger partial charge in [-0.1, -0.05) is 6.92 Å². The normalized spacial score (nSPS) is 16.9. The minimum Gasteiger partial charge on any atom is -0.371 e. The van der Waals surface area contributed by atoms with Gasteiger partial charge in [-0.25, -0.2) is 4.39 Å². The summed E-state index contributed by atoms with van der Waals surface area (Å²) in [6.45, 7) is 4.19. The SMILES string of the molecule is CCc1cc(C(=O)NC[C@H]2CCN(c3ccc(F)cc3)C2)cc(=O)[nH]1. The topological polar surface area (TPSA) is 65.2 Å². The van der Waals surface area contributed by atoms with E-state index in [1.807, 2.05) is 6.92 Å². The molecule has 6 heteroatoms. The summed E-state index contributed by atoms with van der Waals surface area (Å²) in [5, 5.41) is 2.92. The highest BCUT2D eigenvalue weighted by molar-refractivity contribution is 5.94. The third kappa shape index (κ3) is 4.26. The van der Waals surface area contributed by atoms with Crippen molar-refractivity contribution in [3.05, 3.63) is 63.8 Å². The highest BCUT2D eigenvalue weighted by Crippen LogP contribution is 2.23. The van der Waals surface area contributed by atoms with Gasteiger partial charge in [0.15, 0.2) is 0 Å². The van der Waals surface area contributed by atoms with E-state index in [9.17, 15) is 14.0 Å². The van der Waals surface area contributed by atoms with Crippen molar-refractivity contribution >= 4 is 11.6 Å². The smallest absolute Gasteiger partial charge is 0.251 e. The zero-order valence-corrected chi connectivity index (χ0v) is 14.2. The van der Waals surface area contributed by atoms with E-state index in [0.717, 1.165) is 30.9 Å². The molecule has 0 radical (unpaired) electrons. The number of anilines is 1. The maximum absolute atomic E-state index is 13.0. The molecule has 1 fully saturated rings. The molecule has 25 heavy (non-hydrogen) atoms. The summed E-state index contributed by atoms with van der Waals surface area (Å²) < 4.78 is 13.0. The molecule has 0 spiro atoms. The van der Waals surface area contributed by atoms with Gasteiger partial charge in [0.1, 0.15) is 5.82 Å². The van der Waals surface area contributed by atoms with Crippen LogP contribution in [0.1, 0.15) is 29.4 Å². The van der Waals surface area contributed by atoms with Crippen LogP contribution in [0.15, 0.2) is 41.2 Å². The third-order valence-corrected chi connectivity index (χ3v) is 4.57. The third-order valence-electron chi connectivity index (χ3n) is 4.57. The summed E-state index contributed by atoms with van der Waals surface area (Å²) in [5.41, 5.74) is 1.89. The monoisotopic (exact) mass is 343 g/mol. The molecule has 2 aromatic rings. The van der Waals surface area contributed by atoms with Crippen LogP contribution < -0.4 is 15.8 Å². The van der Waals surface area contributed by atoms with Crippen molar-refractivity contribution in [2.75, 3.05) is 24.5 Å². The number of nitrogens with one attached hydrogen (secondary N) is 2. The fourth-order valence-electron chi connectivity index (χ4n) is 3.15. The van der Waals surface area contributed by atoms with Gasteiger partial charge in [-0.3, -0.25) is 9.59 Å². The van der Waals surface area contributed by atoms with Gasteiger partial charge in [0.25, 0.3) is 5.91 Å². The number of aromatic nitrogens is 1. The minimum atomic E-state index is -0.257. The second kappa shape index (κ2) is 7.51. The van der Waals surface area contributed by atoms with Crippen LogP contribution in [0.25, 0.3) is 0 Å². The maximum atomic E-state index is 13.0. The van der Waals surface area contributed by atoms with E-state index in [1.165, 1.54) is 18.2 Å². The molecular weight excluding hydrogens is 321 g/mol. The Bertz CT molecular complexity index is 801. The number of pyridine rings is 1. The van der Waals surface area contributed by atoms with Crippen molar-refractivity contribution in [1.29, 1.82) is 0 Å². The Labute approximate surface area is 145 Å². The number of aromatic amines is 1. The molecule has 3 rings (SSSR count). The Kier molecular flexibility index (Phi) is 5.16. The summed E-state index contributed by atoms with van der Waals surface area (Å²) in [7, 11) is 0. The molecule has 0 unspecified atom stereocenters. The van der Waals surface area contributed by atoms with Crippen LogP contribution in [-0.4, -0.2) is 30.5 Å². The van der Waals surface area contributed by atoms with Gasteiger partial charge < -0.3 is 15.2 Å². The van der Waals surface area contributed by atoms with Crippen LogP contribution >= 0.6 is 0 Å². The van der Waals surface area contributed by atoms with Crippen molar-refractivity contribution in [2.45, 2.75) is 19.8 Å². The molecule has 1 aliphatic rings. The van der Waals surface area contributed by atoms with Crippen molar-refractivity contribution in [2.24, 2.45) is 5.92 Å². The summed E-state index contributed by atoms with van der Waals surface area (Å²) in [6, 6.07) is 9.52. The van der Waals surface area contributed by atoms with E-state index in [4.69, 9.17) is 0 Å². The predicted octanol–water partition coefficient (Wildman–Crippen LogP) is 2.33. The molecule has 2 heterocycles. The highest BCUT2D eigenvalue weighted by Gasteiger charge is 2.23. The minimum absolute atomic E-state index is 0.221. The fourth-order valence-corrected chi connectivity index (χ4v) is 3.15. The van der Waals surface area contributed by atoms with Gasteiger partial charge in [0.2, 0.25) is 5.56 Å². The number of carbonyl (C=O) groups excluding carboxylic acids is 1. The molecular formula is C19H22FN3O2. The number of carbonyl (C=O) groups is 1. The summed E-state index contributed by atoms with van der Waals surface area (Å²) in [5.74, 6) is -0.126. The molecule has 2 N–H and O–H groups in total. The van der Waals surface area contributed by atoms with Crippen LogP contribution in [0.3, 0.4) is 0 Å². The van der Waals surface area contributed by atoms with Gasteiger partial charge in [-0.05, 0) is 49.1 Å². The van der Waals surface area contributed by atoms with Gasteiger partial charge in [-0.15, -0.1) is 0 Å². The average Bonchev–Trinajstić information content (AvgIpc) is 3.08. The van der Waals surface area contributed by atoms with Crippen molar-refractivity contribution in [1.82, 2.24) is 10.3 Å². The van der Waals surface area contributed by atoms with Crippen LogP contribution in [-0.2, 0) is 6.42 Å². The molecule has 1 atom stereocenters. The van der Waals surface area contributed by atoms with Crippen molar-refractivity contribution in [3.8, 4) is 0 Å². The number of hydrogen-bond acceptors (Lipinski definition) is 3. The Morgan fingerprint density at radius 1 is 1.32 bits per heavy atom. The fraction of sp³-hybridized carbons (Fsp3) is 0.368. The first-order valence-corrected chi connectivity index (χ1v) is 8.57. The van der Waals surface area contributed by atoms with Gasteiger partial charge in [0.05, 0.1) is 0 Å². The lowest BCUT2D eigenvalue weighted by Gasteiger charge is -2.18. The molecule has 1 aliphatic heterocycles. The lowest BCUT2D eigenvalue weighted by atomic mass is 10.1. The molecule has 0 saturated carbocycles. The molecule has 5 nitrogen and oxygen atoms in total. The van der Waals surface area contributed by atoms with E-state index in [0.29, 0.717) is 24.4 Å². The number of aryl methyl sites for hydroxylation is 1. The van der Waals surface area contributed by atoms with Crippen LogP contribution in [0, 0.1) is 11.7 Å². The molecule has 1 aromatic carbocycles. The second-order valence-electron chi connectivity index (χ2n) is 6.40. The zero-order valence-electron chi connectivity index (χ0n) is 14.2. The largest absolute Gasteiger partial charge is 0.371 e. The Morgan fingerprint density at radius 2 is 2.08 bits per heavy atom. The van der Waals surface area contributed by atoms with E-state index >= 15 is 0 Å². The number of amides is 1. The first-order valence-electron chi connectivity index (χ1n) is 8.57. The summed E-state index contributed by atoms with van der Waals surface area (Å²) in [4.78, 5) is 28.8. The van der Waals surface area contributed by atoms with E-state index in [1.54, 1.807) is 18.2 Å².